The van der Waals surface area contributed by atoms with E-state index in [4.69, 9.17) is 0 Å². The summed E-state index contributed by atoms with van der Waals surface area (Å²) in [5.74, 6) is -0.642. The minimum atomic E-state index is -3.84. The minimum Gasteiger partial charge on any atom is -0.298 e. The van der Waals surface area contributed by atoms with Crippen LogP contribution in [0.2, 0.25) is 0 Å². The molecule has 144 valence electrons. The number of hydrogen-bond donors (Lipinski definition) is 2. The Morgan fingerprint density at radius 1 is 1.04 bits per heavy atom. The Kier molecular flexibility index (Phi) is 5.57. The first-order valence-corrected chi connectivity index (χ1v) is 10.5. The van der Waals surface area contributed by atoms with E-state index in [1.54, 1.807) is 37.3 Å². The number of sulfonamides is 1. The molecule has 9 heteroatoms. The second kappa shape index (κ2) is 7.91. The summed E-state index contributed by atoms with van der Waals surface area (Å²) in [7, 11) is -3.84. The molecule has 3 rings (SSSR count). The number of nitrogens with zero attached hydrogens (tertiary/aromatic N) is 1. The summed E-state index contributed by atoms with van der Waals surface area (Å²) >= 11 is 1.08. The first-order valence-electron chi connectivity index (χ1n) is 8.24. The van der Waals surface area contributed by atoms with Gasteiger partial charge in [0, 0.05) is 18.2 Å². The summed E-state index contributed by atoms with van der Waals surface area (Å²) in [6.07, 6.45) is 0. The summed E-state index contributed by atoms with van der Waals surface area (Å²) in [6.45, 7) is 3.12. The van der Waals surface area contributed by atoms with Crippen LogP contribution in [-0.4, -0.2) is 25.1 Å². The van der Waals surface area contributed by atoms with E-state index < -0.39 is 15.9 Å². The zero-order valence-electron chi connectivity index (χ0n) is 15.1. The smallest absolute Gasteiger partial charge is 0.261 e. The highest BCUT2D eigenvalue weighted by molar-refractivity contribution is 7.92. The van der Waals surface area contributed by atoms with Crippen molar-refractivity contribution in [2.75, 3.05) is 10.0 Å². The normalized spacial score (nSPS) is 11.1. The van der Waals surface area contributed by atoms with E-state index in [2.05, 4.69) is 15.0 Å². The number of ketones is 1. The maximum absolute atomic E-state index is 12.6. The van der Waals surface area contributed by atoms with Gasteiger partial charge >= 0.3 is 0 Å². The highest BCUT2D eigenvalue weighted by Crippen LogP contribution is 2.24. The number of thiazole rings is 1. The fourth-order valence-electron chi connectivity index (χ4n) is 2.47. The lowest BCUT2D eigenvalue weighted by atomic mass is 10.2. The Balaban J connectivity index is 1.81. The number of nitrogens with one attached hydrogen (secondary N) is 2. The van der Waals surface area contributed by atoms with Gasteiger partial charge in [-0.15, -0.1) is 0 Å². The molecule has 0 saturated carbocycles. The van der Waals surface area contributed by atoms with Gasteiger partial charge in [-0.05, 0) is 37.3 Å². The van der Waals surface area contributed by atoms with Gasteiger partial charge in [0.2, 0.25) is 0 Å². The first-order chi connectivity index (χ1) is 13.3. The van der Waals surface area contributed by atoms with Crippen LogP contribution in [0.5, 0.6) is 0 Å². The molecule has 28 heavy (non-hydrogen) atoms. The van der Waals surface area contributed by atoms with Crippen LogP contribution in [0.15, 0.2) is 59.5 Å². The zero-order chi connectivity index (χ0) is 20.3. The number of Topliss-reactive ketones (excluding diaryl/α,β-unsaturated/α-hetero) is 1. The second-order valence-electron chi connectivity index (χ2n) is 5.94. The van der Waals surface area contributed by atoms with Crippen molar-refractivity contribution in [3.05, 3.63) is 70.7 Å². The lowest BCUT2D eigenvalue weighted by molar-refractivity contribution is 0.101. The molecule has 2 N–H and O–H groups in total. The van der Waals surface area contributed by atoms with Crippen molar-refractivity contribution in [2.24, 2.45) is 0 Å². The van der Waals surface area contributed by atoms with E-state index in [0.717, 1.165) is 11.3 Å². The molecule has 3 aromatic rings. The van der Waals surface area contributed by atoms with E-state index in [0.29, 0.717) is 16.3 Å². The molecule has 2 aromatic carbocycles. The number of rotatable bonds is 6. The number of carbonyl (C=O) groups excluding carboxylic acids is 2. The summed E-state index contributed by atoms with van der Waals surface area (Å²) in [4.78, 5) is 28.6. The molecule has 1 aromatic heterocycles. The Hall–Kier alpha value is -3.04. The van der Waals surface area contributed by atoms with Crippen molar-refractivity contribution >= 4 is 43.9 Å². The van der Waals surface area contributed by atoms with Gasteiger partial charge in [0.1, 0.15) is 0 Å². The van der Waals surface area contributed by atoms with Crippen LogP contribution >= 0.6 is 11.3 Å². The molecular weight excluding hydrogens is 398 g/mol. The monoisotopic (exact) mass is 415 g/mol. The molecule has 0 spiro atoms. The number of aryl methyl sites for hydroxylation is 1. The number of amides is 1. The highest BCUT2D eigenvalue weighted by atomic mass is 32.2. The third-order valence-corrected chi connectivity index (χ3v) is 6.32. The average molecular weight is 415 g/mol. The van der Waals surface area contributed by atoms with Crippen LogP contribution < -0.4 is 10.0 Å². The molecular formula is C19H17N3O4S2. The second-order valence-corrected chi connectivity index (χ2v) is 8.62. The van der Waals surface area contributed by atoms with Gasteiger partial charge < -0.3 is 0 Å². The average Bonchev–Trinajstić information content (AvgIpc) is 3.03. The van der Waals surface area contributed by atoms with Gasteiger partial charge in [-0.2, -0.15) is 0 Å². The molecule has 0 bridgehead atoms. The summed E-state index contributed by atoms with van der Waals surface area (Å²) in [5, 5.41) is 2.88. The summed E-state index contributed by atoms with van der Waals surface area (Å²) < 4.78 is 27.6. The van der Waals surface area contributed by atoms with E-state index in [9.17, 15) is 18.0 Å². The molecule has 0 aliphatic rings. The SMILES string of the molecule is CC(=O)c1sc(NC(=O)c2cccc(S(=O)(=O)Nc3ccccc3)c2)nc1C. The lowest BCUT2D eigenvalue weighted by Gasteiger charge is -2.09. The van der Waals surface area contributed by atoms with Gasteiger partial charge in [-0.25, -0.2) is 13.4 Å². The van der Waals surface area contributed by atoms with Gasteiger partial charge in [0.15, 0.2) is 10.9 Å². The molecule has 0 aliphatic heterocycles. The van der Waals surface area contributed by atoms with E-state index in [-0.39, 0.29) is 21.4 Å². The Morgan fingerprint density at radius 3 is 2.39 bits per heavy atom. The third-order valence-electron chi connectivity index (χ3n) is 3.77. The maximum Gasteiger partial charge on any atom is 0.261 e. The number of hydrogen-bond acceptors (Lipinski definition) is 6. The van der Waals surface area contributed by atoms with E-state index in [1.165, 1.54) is 31.2 Å². The molecule has 0 saturated heterocycles. The van der Waals surface area contributed by atoms with Crippen molar-refractivity contribution in [2.45, 2.75) is 18.7 Å². The van der Waals surface area contributed by atoms with E-state index >= 15 is 0 Å². The molecule has 1 heterocycles. The van der Waals surface area contributed by atoms with Crippen LogP contribution in [0, 0.1) is 6.92 Å². The molecule has 0 aliphatic carbocycles. The minimum absolute atomic E-state index is 0.0382. The van der Waals surface area contributed by atoms with Gasteiger partial charge in [0.25, 0.3) is 15.9 Å². The fourth-order valence-corrected chi connectivity index (χ4v) is 4.43. The number of aromatic nitrogens is 1. The third kappa shape index (κ3) is 4.44. The maximum atomic E-state index is 12.6. The molecule has 0 atom stereocenters. The molecule has 0 unspecified atom stereocenters. The van der Waals surface area contributed by atoms with Gasteiger partial charge in [0.05, 0.1) is 15.5 Å². The van der Waals surface area contributed by atoms with Crippen molar-refractivity contribution in [1.82, 2.24) is 4.98 Å². The largest absolute Gasteiger partial charge is 0.298 e. The Labute approximate surface area is 166 Å². The van der Waals surface area contributed by atoms with Crippen LogP contribution in [0.4, 0.5) is 10.8 Å². The lowest BCUT2D eigenvalue weighted by Crippen LogP contribution is -2.15. The van der Waals surface area contributed by atoms with Crippen molar-refractivity contribution in [3.8, 4) is 0 Å². The van der Waals surface area contributed by atoms with Crippen molar-refractivity contribution in [1.29, 1.82) is 0 Å². The highest BCUT2D eigenvalue weighted by Gasteiger charge is 2.18. The summed E-state index contributed by atoms with van der Waals surface area (Å²) in [5.41, 5.74) is 1.12. The predicted octanol–water partition coefficient (Wildman–Crippen LogP) is 3.71. The van der Waals surface area contributed by atoms with Crippen LogP contribution in [-0.2, 0) is 10.0 Å². The topological polar surface area (TPSA) is 105 Å². The molecule has 0 radical (unpaired) electrons. The molecule has 0 fully saturated rings. The molecule has 1 amide bonds. The van der Waals surface area contributed by atoms with E-state index in [1.807, 2.05) is 0 Å². The van der Waals surface area contributed by atoms with Crippen LogP contribution in [0.3, 0.4) is 0 Å². The number of carbonyl (C=O) groups is 2. The standard InChI is InChI=1S/C19H17N3O4S2/c1-12-17(13(2)23)27-19(20-12)21-18(24)14-7-6-10-16(11-14)28(25,26)22-15-8-4-3-5-9-15/h3-11,22H,1-2H3,(H,20,21,24). The first kappa shape index (κ1) is 19.7. The van der Waals surface area contributed by atoms with Gasteiger partial charge in [-0.3, -0.25) is 19.6 Å². The quantitative estimate of drug-likeness (QED) is 0.597. The fraction of sp³-hybridized carbons (Fsp3) is 0.105. The summed E-state index contributed by atoms with van der Waals surface area (Å²) in [6, 6.07) is 14.2. The number of para-hydroxylation sites is 1. The molecule has 7 nitrogen and oxygen atoms in total. The van der Waals surface area contributed by atoms with Crippen molar-refractivity contribution < 1.29 is 18.0 Å². The number of benzene rings is 2. The zero-order valence-corrected chi connectivity index (χ0v) is 16.7. The Morgan fingerprint density at radius 2 is 1.75 bits per heavy atom. The van der Waals surface area contributed by atoms with Crippen molar-refractivity contribution in [3.63, 3.8) is 0 Å². The Bertz CT molecular complexity index is 1140. The predicted molar refractivity (Wildman–Crippen MR) is 109 cm³/mol. The number of anilines is 2. The van der Waals surface area contributed by atoms with Crippen LogP contribution in [0.25, 0.3) is 0 Å². The van der Waals surface area contributed by atoms with Gasteiger partial charge in [-0.1, -0.05) is 35.6 Å². The van der Waals surface area contributed by atoms with Crippen LogP contribution in [0.1, 0.15) is 32.6 Å².